The summed E-state index contributed by atoms with van der Waals surface area (Å²) < 4.78 is 39.5. The van der Waals surface area contributed by atoms with E-state index in [9.17, 15) is 22.8 Å². The number of carbonyl (C=O) groups is 2. The third-order valence-electron chi connectivity index (χ3n) is 2.97. The van der Waals surface area contributed by atoms with Gasteiger partial charge < -0.3 is 16.0 Å². The molecule has 2 rings (SSSR count). The number of benzene rings is 1. The molecule has 24 heavy (non-hydrogen) atoms. The molecule has 2 aromatic rings. The number of nitrogens with one attached hydrogen (secondary N) is 3. The number of nitrogens with zero attached hydrogens (tertiary/aromatic N) is 2. The lowest BCUT2D eigenvalue weighted by molar-refractivity contribution is -0.141. The molecule has 0 atom stereocenters. The second kappa shape index (κ2) is 6.60. The minimum atomic E-state index is -4.73. The van der Waals surface area contributed by atoms with Crippen molar-refractivity contribution in [2.24, 2.45) is 7.05 Å². The summed E-state index contributed by atoms with van der Waals surface area (Å²) in [5.74, 6) is -0.928. The molecule has 7 nitrogen and oxygen atoms in total. The maximum atomic E-state index is 12.9. The Morgan fingerprint density at radius 1 is 1.08 bits per heavy atom. The lowest BCUT2D eigenvalue weighted by Crippen LogP contribution is -2.24. The molecule has 1 aromatic heterocycles. The Bertz CT molecular complexity index is 753. The van der Waals surface area contributed by atoms with Crippen LogP contribution in [0.1, 0.15) is 16.1 Å². The van der Waals surface area contributed by atoms with E-state index in [1.54, 1.807) is 0 Å². The highest BCUT2D eigenvalue weighted by atomic mass is 19.4. The molecule has 1 aromatic carbocycles. The van der Waals surface area contributed by atoms with Gasteiger partial charge in [0.05, 0.1) is 5.56 Å². The maximum Gasteiger partial charge on any atom is 0.435 e. The highest BCUT2D eigenvalue weighted by Crippen LogP contribution is 2.31. The third kappa shape index (κ3) is 4.03. The van der Waals surface area contributed by atoms with Gasteiger partial charge in [-0.05, 0) is 24.3 Å². The van der Waals surface area contributed by atoms with E-state index in [1.165, 1.54) is 38.4 Å². The molecule has 3 amide bonds. The van der Waals surface area contributed by atoms with Gasteiger partial charge in [-0.15, -0.1) is 0 Å². The van der Waals surface area contributed by atoms with Crippen LogP contribution in [0.3, 0.4) is 0 Å². The van der Waals surface area contributed by atoms with Crippen molar-refractivity contribution in [2.75, 3.05) is 17.7 Å². The molecule has 0 aliphatic heterocycles. The Kier molecular flexibility index (Phi) is 4.77. The highest BCUT2D eigenvalue weighted by molar-refractivity contribution is 6.05. The molecular weight excluding hydrogens is 327 g/mol. The lowest BCUT2D eigenvalue weighted by atomic mass is 10.2. The van der Waals surface area contributed by atoms with Crippen LogP contribution in [0.15, 0.2) is 30.5 Å². The van der Waals surface area contributed by atoms with Crippen molar-refractivity contribution in [3.05, 3.63) is 41.7 Å². The van der Waals surface area contributed by atoms with Crippen LogP contribution in [0.5, 0.6) is 0 Å². The molecule has 0 spiro atoms. The smallest absolute Gasteiger partial charge is 0.341 e. The second-order valence-corrected chi connectivity index (χ2v) is 4.80. The van der Waals surface area contributed by atoms with Gasteiger partial charge in [-0.3, -0.25) is 9.48 Å². The van der Waals surface area contributed by atoms with Gasteiger partial charge in [0, 0.05) is 31.7 Å². The number of amides is 3. The zero-order chi connectivity index (χ0) is 17.9. The Morgan fingerprint density at radius 3 is 2.12 bits per heavy atom. The van der Waals surface area contributed by atoms with E-state index in [0.29, 0.717) is 5.69 Å². The van der Waals surface area contributed by atoms with Crippen LogP contribution in [-0.2, 0) is 13.2 Å². The third-order valence-corrected chi connectivity index (χ3v) is 2.97. The van der Waals surface area contributed by atoms with E-state index in [-0.39, 0.29) is 5.69 Å². The number of urea groups is 1. The molecule has 0 bridgehead atoms. The van der Waals surface area contributed by atoms with Crippen molar-refractivity contribution in [1.29, 1.82) is 0 Å². The Labute approximate surface area is 134 Å². The summed E-state index contributed by atoms with van der Waals surface area (Å²) >= 11 is 0. The summed E-state index contributed by atoms with van der Waals surface area (Å²) in [4.78, 5) is 23.2. The number of aromatic nitrogens is 2. The van der Waals surface area contributed by atoms with E-state index < -0.39 is 29.4 Å². The number of aryl methyl sites for hydroxylation is 1. The quantitative estimate of drug-likeness (QED) is 0.801. The van der Waals surface area contributed by atoms with Crippen molar-refractivity contribution in [1.82, 2.24) is 15.1 Å². The minimum Gasteiger partial charge on any atom is -0.341 e. The fraction of sp³-hybridized carbons (Fsp3) is 0.214. The van der Waals surface area contributed by atoms with Gasteiger partial charge in [0.1, 0.15) is 0 Å². The number of hydrogen-bond donors (Lipinski definition) is 3. The number of alkyl halides is 3. The van der Waals surface area contributed by atoms with E-state index in [0.717, 1.165) is 10.9 Å². The monoisotopic (exact) mass is 341 g/mol. The van der Waals surface area contributed by atoms with E-state index in [4.69, 9.17) is 0 Å². The number of rotatable bonds is 3. The molecule has 1 heterocycles. The van der Waals surface area contributed by atoms with E-state index in [2.05, 4.69) is 21.0 Å². The topological polar surface area (TPSA) is 88.0 Å². The summed E-state index contributed by atoms with van der Waals surface area (Å²) in [7, 11) is 2.75. The van der Waals surface area contributed by atoms with Crippen LogP contribution in [-0.4, -0.2) is 28.8 Å². The SMILES string of the molecule is CNC(=O)Nc1ccc(NC(=O)c2cn(C)nc2C(F)(F)F)cc1. The summed E-state index contributed by atoms with van der Waals surface area (Å²) in [6.45, 7) is 0. The zero-order valence-corrected chi connectivity index (χ0v) is 12.7. The lowest BCUT2D eigenvalue weighted by Gasteiger charge is -2.08. The van der Waals surface area contributed by atoms with Crippen molar-refractivity contribution in [2.45, 2.75) is 6.18 Å². The maximum absolute atomic E-state index is 12.9. The standard InChI is InChI=1S/C14H14F3N5O2/c1-18-13(24)20-9-5-3-8(4-6-9)19-12(23)10-7-22(2)21-11(10)14(15,16)17/h3-7H,1-2H3,(H,19,23)(H2,18,20,24). The van der Waals surface area contributed by atoms with Crippen LogP contribution in [0, 0.1) is 0 Å². The van der Waals surface area contributed by atoms with E-state index in [1.807, 2.05) is 0 Å². The van der Waals surface area contributed by atoms with Gasteiger partial charge in [0.2, 0.25) is 0 Å². The molecule has 0 unspecified atom stereocenters. The second-order valence-electron chi connectivity index (χ2n) is 4.80. The average Bonchev–Trinajstić information content (AvgIpc) is 2.91. The number of carbonyl (C=O) groups excluding carboxylic acids is 2. The number of hydrogen-bond acceptors (Lipinski definition) is 3. The zero-order valence-electron chi connectivity index (χ0n) is 12.7. The predicted molar refractivity (Wildman–Crippen MR) is 80.7 cm³/mol. The first kappa shape index (κ1) is 17.3. The highest BCUT2D eigenvalue weighted by Gasteiger charge is 2.38. The summed E-state index contributed by atoms with van der Waals surface area (Å²) in [6, 6.07) is 5.48. The Balaban J connectivity index is 2.14. The van der Waals surface area contributed by atoms with Gasteiger partial charge in [-0.25, -0.2) is 4.79 Å². The summed E-state index contributed by atoms with van der Waals surface area (Å²) in [5, 5.41) is 10.5. The Morgan fingerprint density at radius 2 is 1.62 bits per heavy atom. The first-order valence-electron chi connectivity index (χ1n) is 6.71. The predicted octanol–water partition coefficient (Wildman–Crippen LogP) is 2.44. The van der Waals surface area contributed by atoms with Crippen LogP contribution < -0.4 is 16.0 Å². The van der Waals surface area contributed by atoms with Crippen molar-refractivity contribution < 1.29 is 22.8 Å². The van der Waals surface area contributed by atoms with Gasteiger partial charge in [-0.2, -0.15) is 18.3 Å². The summed E-state index contributed by atoms with van der Waals surface area (Å²) in [6.07, 6.45) is -3.73. The van der Waals surface area contributed by atoms with Crippen LogP contribution >= 0.6 is 0 Å². The normalized spacial score (nSPS) is 11.0. The molecule has 128 valence electrons. The van der Waals surface area contributed by atoms with Crippen molar-refractivity contribution >= 4 is 23.3 Å². The van der Waals surface area contributed by atoms with Crippen molar-refractivity contribution in [3.8, 4) is 0 Å². The molecule has 0 radical (unpaired) electrons. The molecule has 0 saturated carbocycles. The van der Waals surface area contributed by atoms with Gasteiger partial charge in [0.15, 0.2) is 5.69 Å². The molecule has 0 aliphatic carbocycles. The molecular formula is C14H14F3N5O2. The molecule has 0 saturated heterocycles. The molecule has 0 aliphatic rings. The molecule has 3 N–H and O–H groups in total. The fourth-order valence-electron chi connectivity index (χ4n) is 1.89. The average molecular weight is 341 g/mol. The van der Waals surface area contributed by atoms with Crippen LogP contribution in [0.4, 0.5) is 29.3 Å². The fourth-order valence-corrected chi connectivity index (χ4v) is 1.89. The van der Waals surface area contributed by atoms with Crippen LogP contribution in [0.25, 0.3) is 0 Å². The van der Waals surface area contributed by atoms with Crippen LogP contribution in [0.2, 0.25) is 0 Å². The van der Waals surface area contributed by atoms with Gasteiger partial charge >= 0.3 is 12.2 Å². The largest absolute Gasteiger partial charge is 0.435 e. The summed E-state index contributed by atoms with van der Waals surface area (Å²) in [5.41, 5.74) is -1.08. The number of anilines is 2. The minimum absolute atomic E-state index is 0.277. The first-order chi connectivity index (χ1) is 11.2. The molecule has 10 heteroatoms. The van der Waals surface area contributed by atoms with E-state index >= 15 is 0 Å². The number of halogens is 3. The Hall–Kier alpha value is -3.04. The van der Waals surface area contributed by atoms with Crippen molar-refractivity contribution in [3.63, 3.8) is 0 Å². The van der Waals surface area contributed by atoms with Gasteiger partial charge in [-0.1, -0.05) is 0 Å². The van der Waals surface area contributed by atoms with Gasteiger partial charge in [0.25, 0.3) is 5.91 Å². The first-order valence-corrected chi connectivity index (χ1v) is 6.71. The molecule has 0 fully saturated rings.